The summed E-state index contributed by atoms with van der Waals surface area (Å²) in [6.45, 7) is 4.11. The Morgan fingerprint density at radius 3 is 2.62 bits per heavy atom. The third-order valence-electron chi connectivity index (χ3n) is 2.68. The van der Waals surface area contributed by atoms with Gasteiger partial charge < -0.3 is 15.2 Å². The first-order valence-electron chi connectivity index (χ1n) is 6.44. The van der Waals surface area contributed by atoms with Crippen LogP contribution in [-0.2, 0) is 14.8 Å². The number of methoxy groups -OCH3 is 1. The van der Waals surface area contributed by atoms with Crippen molar-refractivity contribution in [1.82, 2.24) is 4.72 Å². The molecule has 1 atom stereocenters. The Morgan fingerprint density at radius 1 is 1.43 bits per heavy atom. The predicted octanol–water partition coefficient (Wildman–Crippen LogP) is 1.13. The zero-order valence-corrected chi connectivity index (χ0v) is 13.0. The molecule has 0 amide bonds. The van der Waals surface area contributed by atoms with Crippen LogP contribution in [-0.4, -0.2) is 45.8 Å². The van der Waals surface area contributed by atoms with Gasteiger partial charge in [-0.2, -0.15) is 0 Å². The van der Waals surface area contributed by atoms with Crippen molar-refractivity contribution in [1.29, 1.82) is 0 Å². The molecule has 1 aromatic rings. The lowest BCUT2D eigenvalue weighted by atomic mass is 10.1. The summed E-state index contributed by atoms with van der Waals surface area (Å²) in [6.07, 6.45) is 0. The Kier molecular flexibility index (Phi) is 6.13. The van der Waals surface area contributed by atoms with Crippen molar-refractivity contribution in [2.45, 2.75) is 24.8 Å². The summed E-state index contributed by atoms with van der Waals surface area (Å²) in [7, 11) is -2.14. The zero-order valence-electron chi connectivity index (χ0n) is 12.2. The molecule has 0 saturated carbocycles. The van der Waals surface area contributed by atoms with Gasteiger partial charge in [-0.1, -0.05) is 6.92 Å². The number of rotatable bonds is 8. The van der Waals surface area contributed by atoms with Gasteiger partial charge >= 0.3 is 5.97 Å². The molecule has 0 unspecified atom stereocenters. The number of carboxylic acids is 1. The highest BCUT2D eigenvalue weighted by molar-refractivity contribution is 7.89. The van der Waals surface area contributed by atoms with Crippen LogP contribution in [0.25, 0.3) is 0 Å². The van der Waals surface area contributed by atoms with Gasteiger partial charge in [-0.05, 0) is 25.1 Å². The van der Waals surface area contributed by atoms with Crippen molar-refractivity contribution < 1.29 is 23.1 Å². The highest BCUT2D eigenvalue weighted by Crippen LogP contribution is 2.21. The third kappa shape index (κ3) is 4.69. The van der Waals surface area contributed by atoms with Gasteiger partial charge in [0.2, 0.25) is 10.0 Å². The molecule has 7 nitrogen and oxygen atoms in total. The van der Waals surface area contributed by atoms with Crippen LogP contribution < -0.4 is 10.0 Å². The average molecular weight is 316 g/mol. The molecule has 0 saturated heterocycles. The molecule has 0 aliphatic rings. The van der Waals surface area contributed by atoms with E-state index in [9.17, 15) is 18.3 Å². The molecule has 1 aromatic carbocycles. The maximum Gasteiger partial charge on any atom is 0.337 e. The van der Waals surface area contributed by atoms with E-state index in [2.05, 4.69) is 10.0 Å². The van der Waals surface area contributed by atoms with Crippen molar-refractivity contribution in [2.75, 3.05) is 25.6 Å². The monoisotopic (exact) mass is 316 g/mol. The van der Waals surface area contributed by atoms with E-state index in [1.54, 1.807) is 14.0 Å². The largest absolute Gasteiger partial charge is 0.478 e. The van der Waals surface area contributed by atoms with E-state index >= 15 is 0 Å². The van der Waals surface area contributed by atoms with Crippen molar-refractivity contribution in [3.63, 3.8) is 0 Å². The Hall–Kier alpha value is -1.64. The lowest BCUT2D eigenvalue weighted by Crippen LogP contribution is -2.25. The van der Waals surface area contributed by atoms with E-state index in [0.29, 0.717) is 12.3 Å². The summed E-state index contributed by atoms with van der Waals surface area (Å²) in [6, 6.07) is 3.85. The SMILES string of the molecule is CCNS(=O)(=O)c1ccc(N[C@@H](C)COC)c(C(=O)O)c1. The summed E-state index contributed by atoms with van der Waals surface area (Å²) >= 11 is 0. The molecule has 0 bridgehead atoms. The molecule has 0 fully saturated rings. The van der Waals surface area contributed by atoms with E-state index < -0.39 is 16.0 Å². The molecule has 21 heavy (non-hydrogen) atoms. The van der Waals surface area contributed by atoms with Crippen LogP contribution in [0, 0.1) is 0 Å². The minimum atomic E-state index is -3.69. The number of benzene rings is 1. The van der Waals surface area contributed by atoms with Crippen LogP contribution in [0.15, 0.2) is 23.1 Å². The number of aromatic carboxylic acids is 1. The minimum absolute atomic E-state index is 0.0771. The number of carbonyl (C=O) groups is 1. The summed E-state index contributed by atoms with van der Waals surface area (Å²) < 4.78 is 31.1. The number of nitrogens with one attached hydrogen (secondary N) is 2. The summed E-state index contributed by atoms with van der Waals surface area (Å²) in [5, 5.41) is 12.2. The second-order valence-corrected chi connectivity index (χ2v) is 6.28. The molecule has 0 spiro atoms. The van der Waals surface area contributed by atoms with E-state index in [4.69, 9.17) is 4.74 Å². The number of sulfonamides is 1. The van der Waals surface area contributed by atoms with Crippen molar-refractivity contribution in [3.05, 3.63) is 23.8 Å². The fourth-order valence-electron chi connectivity index (χ4n) is 1.82. The second kappa shape index (κ2) is 7.39. The fraction of sp³-hybridized carbons (Fsp3) is 0.462. The van der Waals surface area contributed by atoms with Gasteiger partial charge in [0, 0.05) is 25.4 Å². The van der Waals surface area contributed by atoms with E-state index in [-0.39, 0.29) is 23.0 Å². The second-order valence-electron chi connectivity index (χ2n) is 4.51. The number of anilines is 1. The molecule has 0 aliphatic carbocycles. The van der Waals surface area contributed by atoms with Gasteiger partial charge in [-0.15, -0.1) is 0 Å². The molecule has 3 N–H and O–H groups in total. The maximum absolute atomic E-state index is 11.9. The number of carboxylic acid groups (broad SMARTS) is 1. The molecule has 0 aliphatic heterocycles. The number of ether oxygens (including phenoxy) is 1. The zero-order chi connectivity index (χ0) is 16.0. The molecule has 118 valence electrons. The number of hydrogen-bond acceptors (Lipinski definition) is 5. The maximum atomic E-state index is 11.9. The standard InChI is InChI=1S/C13H20N2O5S/c1-4-14-21(18,19)10-5-6-12(11(7-10)13(16)17)15-9(2)8-20-3/h5-7,9,14-15H,4,8H2,1-3H3,(H,16,17)/t9-/m0/s1. The summed E-state index contributed by atoms with van der Waals surface area (Å²) in [4.78, 5) is 11.2. The van der Waals surface area contributed by atoms with Gasteiger partial charge in [0.15, 0.2) is 0 Å². The van der Waals surface area contributed by atoms with Crippen molar-refractivity contribution >= 4 is 21.7 Å². The summed E-state index contributed by atoms with van der Waals surface area (Å²) in [5.74, 6) is -1.20. The van der Waals surface area contributed by atoms with Gasteiger partial charge in [0.25, 0.3) is 0 Å². The lowest BCUT2D eigenvalue weighted by Gasteiger charge is -2.17. The van der Waals surface area contributed by atoms with E-state index in [1.165, 1.54) is 12.1 Å². The van der Waals surface area contributed by atoms with Crippen molar-refractivity contribution in [2.24, 2.45) is 0 Å². The van der Waals surface area contributed by atoms with Gasteiger partial charge in [-0.3, -0.25) is 0 Å². The number of hydrogen-bond donors (Lipinski definition) is 3. The first-order chi connectivity index (χ1) is 9.81. The Balaban J connectivity index is 3.17. The highest BCUT2D eigenvalue weighted by atomic mass is 32.2. The quantitative estimate of drug-likeness (QED) is 0.664. The molecule has 8 heteroatoms. The minimum Gasteiger partial charge on any atom is -0.478 e. The average Bonchev–Trinajstić information content (AvgIpc) is 2.38. The van der Waals surface area contributed by atoms with Crippen LogP contribution in [0.3, 0.4) is 0 Å². The van der Waals surface area contributed by atoms with Crippen LogP contribution in [0.2, 0.25) is 0 Å². The van der Waals surface area contributed by atoms with Crippen LogP contribution in [0.1, 0.15) is 24.2 Å². The van der Waals surface area contributed by atoms with Crippen molar-refractivity contribution in [3.8, 4) is 0 Å². The van der Waals surface area contributed by atoms with Gasteiger partial charge in [-0.25, -0.2) is 17.9 Å². The Labute approximate surface area is 124 Å². The molecular formula is C13H20N2O5S. The summed E-state index contributed by atoms with van der Waals surface area (Å²) in [5.41, 5.74) is 0.249. The Morgan fingerprint density at radius 2 is 2.10 bits per heavy atom. The van der Waals surface area contributed by atoms with E-state index in [1.807, 2.05) is 6.92 Å². The first kappa shape index (κ1) is 17.4. The van der Waals surface area contributed by atoms with E-state index in [0.717, 1.165) is 6.07 Å². The third-order valence-corrected chi connectivity index (χ3v) is 4.23. The Bertz CT molecular complexity index is 601. The predicted molar refractivity (Wildman–Crippen MR) is 79.2 cm³/mol. The molecule has 0 aromatic heterocycles. The van der Waals surface area contributed by atoms with Crippen LogP contribution >= 0.6 is 0 Å². The lowest BCUT2D eigenvalue weighted by molar-refractivity contribution is 0.0697. The molecule has 0 heterocycles. The topological polar surface area (TPSA) is 105 Å². The molecule has 1 rings (SSSR count). The normalized spacial score (nSPS) is 12.9. The fourth-order valence-corrected chi connectivity index (χ4v) is 2.89. The molecule has 0 radical (unpaired) electrons. The van der Waals surface area contributed by atoms with Gasteiger partial charge in [0.1, 0.15) is 0 Å². The first-order valence-corrected chi connectivity index (χ1v) is 7.92. The molecular weight excluding hydrogens is 296 g/mol. The van der Waals surface area contributed by atoms with Gasteiger partial charge in [0.05, 0.1) is 17.1 Å². The highest BCUT2D eigenvalue weighted by Gasteiger charge is 2.19. The van der Waals surface area contributed by atoms with Crippen LogP contribution in [0.5, 0.6) is 0 Å². The van der Waals surface area contributed by atoms with Crippen LogP contribution in [0.4, 0.5) is 5.69 Å². The smallest absolute Gasteiger partial charge is 0.337 e.